The van der Waals surface area contributed by atoms with Gasteiger partial charge in [0.25, 0.3) is 5.91 Å². The topological polar surface area (TPSA) is 68.3 Å². The van der Waals surface area contributed by atoms with E-state index in [0.717, 1.165) is 18.4 Å². The fraction of sp³-hybridized carbons (Fsp3) is 0.190. The average Bonchev–Trinajstić information content (AvgIpc) is 3.37. The van der Waals surface area contributed by atoms with E-state index in [2.05, 4.69) is 10.3 Å². The van der Waals surface area contributed by atoms with E-state index in [-0.39, 0.29) is 17.6 Å². The van der Waals surface area contributed by atoms with Gasteiger partial charge in [0.1, 0.15) is 5.01 Å². The molecule has 1 unspecified atom stereocenters. The van der Waals surface area contributed by atoms with E-state index in [1.807, 2.05) is 18.2 Å². The Kier molecular flexibility index (Phi) is 5.41. The van der Waals surface area contributed by atoms with Crippen LogP contribution in [0.4, 0.5) is 0 Å². The van der Waals surface area contributed by atoms with Crippen molar-refractivity contribution >= 4 is 34.8 Å². The molecule has 28 heavy (non-hydrogen) atoms. The molecule has 7 heteroatoms. The van der Waals surface area contributed by atoms with Crippen LogP contribution in [0.5, 0.6) is 0 Å². The Bertz CT molecular complexity index is 1000. The fourth-order valence-electron chi connectivity index (χ4n) is 2.69. The summed E-state index contributed by atoms with van der Waals surface area (Å²) < 4.78 is 5.55. The Balaban J connectivity index is 1.53. The smallest absolute Gasteiger partial charge is 0.358 e. The third-order valence-corrected chi connectivity index (χ3v) is 5.40. The average molecular weight is 413 g/mol. The molecule has 0 saturated heterocycles. The van der Waals surface area contributed by atoms with Crippen LogP contribution in [0.2, 0.25) is 5.02 Å². The molecule has 1 saturated carbocycles. The quantitative estimate of drug-likeness (QED) is 0.599. The van der Waals surface area contributed by atoms with Gasteiger partial charge in [0, 0.05) is 27.6 Å². The molecule has 1 atom stereocenters. The maximum Gasteiger partial charge on any atom is 0.358 e. The lowest BCUT2D eigenvalue weighted by Gasteiger charge is -2.17. The molecular weight excluding hydrogens is 396 g/mol. The summed E-state index contributed by atoms with van der Waals surface area (Å²) in [7, 11) is 0. The molecule has 0 bridgehead atoms. The molecule has 0 radical (unpaired) electrons. The summed E-state index contributed by atoms with van der Waals surface area (Å²) in [6.07, 6.45) is 0.901. The molecule has 1 fully saturated rings. The molecular formula is C21H17ClN2O3S. The van der Waals surface area contributed by atoms with Gasteiger partial charge in [0.15, 0.2) is 5.69 Å². The summed E-state index contributed by atoms with van der Waals surface area (Å²) in [6.45, 7) is 0. The summed E-state index contributed by atoms with van der Waals surface area (Å²) in [6, 6.07) is 16.4. The molecule has 3 aromatic rings. The number of nitrogens with one attached hydrogen (secondary N) is 1. The zero-order chi connectivity index (χ0) is 19.5. The van der Waals surface area contributed by atoms with Crippen LogP contribution in [0.25, 0.3) is 10.6 Å². The second-order valence-corrected chi connectivity index (χ2v) is 7.82. The number of halogens is 1. The van der Waals surface area contributed by atoms with Gasteiger partial charge in [-0.2, -0.15) is 0 Å². The molecule has 1 aliphatic rings. The molecule has 1 amide bonds. The number of benzene rings is 2. The van der Waals surface area contributed by atoms with E-state index < -0.39 is 12.1 Å². The van der Waals surface area contributed by atoms with Crippen LogP contribution < -0.4 is 5.32 Å². The van der Waals surface area contributed by atoms with Crippen molar-refractivity contribution in [2.45, 2.75) is 25.0 Å². The predicted molar refractivity (Wildman–Crippen MR) is 108 cm³/mol. The molecule has 4 rings (SSSR count). The number of ether oxygens (including phenoxy) is 1. The number of aromatic nitrogens is 1. The highest BCUT2D eigenvalue weighted by atomic mass is 35.5. The number of hydrogen-bond acceptors (Lipinski definition) is 5. The van der Waals surface area contributed by atoms with E-state index in [4.69, 9.17) is 16.3 Å². The maximum absolute atomic E-state index is 12.7. The van der Waals surface area contributed by atoms with Gasteiger partial charge in [-0.05, 0) is 25.0 Å². The summed E-state index contributed by atoms with van der Waals surface area (Å²) in [5, 5.41) is 5.78. The lowest BCUT2D eigenvalue weighted by atomic mass is 10.1. The van der Waals surface area contributed by atoms with Crippen molar-refractivity contribution in [2.75, 3.05) is 0 Å². The lowest BCUT2D eigenvalue weighted by molar-refractivity contribution is -0.130. The summed E-state index contributed by atoms with van der Waals surface area (Å²) >= 11 is 7.34. The van der Waals surface area contributed by atoms with E-state index in [0.29, 0.717) is 15.6 Å². The Morgan fingerprint density at radius 3 is 2.64 bits per heavy atom. The Labute approximate surface area is 171 Å². The van der Waals surface area contributed by atoms with Gasteiger partial charge in [-0.25, -0.2) is 9.78 Å². The molecule has 0 spiro atoms. The summed E-state index contributed by atoms with van der Waals surface area (Å²) in [4.78, 5) is 29.6. The monoisotopic (exact) mass is 412 g/mol. The van der Waals surface area contributed by atoms with Crippen LogP contribution in [0.3, 0.4) is 0 Å². The molecule has 1 aromatic heterocycles. The van der Waals surface area contributed by atoms with Gasteiger partial charge in [-0.15, -0.1) is 11.3 Å². The second-order valence-electron chi connectivity index (χ2n) is 6.53. The number of esters is 1. The summed E-state index contributed by atoms with van der Waals surface area (Å²) in [5.74, 6) is -0.948. The highest BCUT2D eigenvalue weighted by molar-refractivity contribution is 7.13. The number of carbonyl (C=O) groups excluding carboxylic acids is 2. The molecule has 2 aromatic carbocycles. The molecule has 5 nitrogen and oxygen atoms in total. The number of thiazole rings is 1. The van der Waals surface area contributed by atoms with Crippen LogP contribution in [0.1, 0.15) is 35.0 Å². The predicted octanol–water partition coefficient (Wildman–Crippen LogP) is 4.64. The van der Waals surface area contributed by atoms with Crippen LogP contribution >= 0.6 is 22.9 Å². The highest BCUT2D eigenvalue weighted by Crippen LogP contribution is 2.28. The van der Waals surface area contributed by atoms with E-state index in [9.17, 15) is 9.59 Å². The lowest BCUT2D eigenvalue weighted by Crippen LogP contribution is -2.33. The van der Waals surface area contributed by atoms with Crippen molar-refractivity contribution in [1.82, 2.24) is 10.3 Å². The van der Waals surface area contributed by atoms with Gasteiger partial charge in [0.2, 0.25) is 6.10 Å². The molecule has 142 valence electrons. The minimum absolute atomic E-state index is 0.167. The highest BCUT2D eigenvalue weighted by Gasteiger charge is 2.31. The van der Waals surface area contributed by atoms with Crippen molar-refractivity contribution < 1.29 is 14.3 Å². The van der Waals surface area contributed by atoms with E-state index >= 15 is 0 Å². The van der Waals surface area contributed by atoms with Gasteiger partial charge in [-0.1, -0.05) is 54.1 Å². The van der Waals surface area contributed by atoms with Crippen molar-refractivity contribution in [3.05, 3.63) is 76.3 Å². The van der Waals surface area contributed by atoms with Gasteiger partial charge in [-0.3, -0.25) is 4.79 Å². The molecule has 0 aliphatic heterocycles. The zero-order valence-electron chi connectivity index (χ0n) is 14.8. The van der Waals surface area contributed by atoms with E-state index in [1.54, 1.807) is 41.8 Å². The first-order valence-corrected chi connectivity index (χ1v) is 10.1. The van der Waals surface area contributed by atoms with Gasteiger partial charge in [0.05, 0.1) is 0 Å². The van der Waals surface area contributed by atoms with Crippen molar-refractivity contribution in [3.63, 3.8) is 0 Å². The normalized spacial score (nSPS) is 14.3. The van der Waals surface area contributed by atoms with Crippen molar-refractivity contribution in [3.8, 4) is 10.6 Å². The largest absolute Gasteiger partial charge is 0.443 e. The number of nitrogens with zero attached hydrogens (tertiary/aromatic N) is 1. The molecule has 1 heterocycles. The van der Waals surface area contributed by atoms with Crippen molar-refractivity contribution in [2.24, 2.45) is 0 Å². The minimum atomic E-state index is -1.01. The number of hydrogen-bond donors (Lipinski definition) is 1. The number of carbonyl (C=O) groups is 2. The zero-order valence-corrected chi connectivity index (χ0v) is 16.4. The van der Waals surface area contributed by atoms with E-state index in [1.165, 1.54) is 11.3 Å². The van der Waals surface area contributed by atoms with Gasteiger partial charge < -0.3 is 10.1 Å². The SMILES string of the molecule is O=C(OC(C(=O)NC1CC1)c1ccccc1)c1csc(-c2cccc(Cl)c2)n1. The Hall–Kier alpha value is -2.70. The first-order chi connectivity index (χ1) is 13.6. The fourth-order valence-corrected chi connectivity index (χ4v) is 3.67. The van der Waals surface area contributed by atoms with Crippen LogP contribution in [0.15, 0.2) is 60.0 Å². The Morgan fingerprint density at radius 1 is 1.14 bits per heavy atom. The third-order valence-electron chi connectivity index (χ3n) is 4.27. The standard InChI is InChI=1S/C21H17ClN2O3S/c22-15-8-4-7-14(11-15)20-24-17(12-28-20)21(26)27-18(13-5-2-1-3-6-13)19(25)23-16-9-10-16/h1-8,11-12,16,18H,9-10H2,(H,23,25). The van der Waals surface area contributed by atoms with Crippen LogP contribution in [0, 0.1) is 0 Å². The number of rotatable bonds is 6. The molecule has 1 aliphatic carbocycles. The number of amides is 1. The first kappa shape index (κ1) is 18.7. The van der Waals surface area contributed by atoms with Crippen LogP contribution in [-0.4, -0.2) is 22.9 Å². The maximum atomic E-state index is 12.7. The summed E-state index contributed by atoms with van der Waals surface area (Å²) in [5.41, 5.74) is 1.61. The van der Waals surface area contributed by atoms with Gasteiger partial charge >= 0.3 is 5.97 Å². The second kappa shape index (κ2) is 8.12. The molecule has 1 N–H and O–H groups in total. The minimum Gasteiger partial charge on any atom is -0.443 e. The van der Waals surface area contributed by atoms with Crippen LogP contribution in [-0.2, 0) is 9.53 Å². The third kappa shape index (κ3) is 4.40. The Morgan fingerprint density at radius 2 is 1.93 bits per heavy atom. The van der Waals surface area contributed by atoms with Crippen molar-refractivity contribution in [1.29, 1.82) is 0 Å². The first-order valence-electron chi connectivity index (χ1n) is 8.88.